The van der Waals surface area contributed by atoms with E-state index in [1.54, 1.807) is 6.20 Å². The van der Waals surface area contributed by atoms with Crippen LogP contribution in [0.15, 0.2) is 54.7 Å². The number of rotatable bonds is 5. The van der Waals surface area contributed by atoms with Crippen molar-refractivity contribution in [1.82, 2.24) is 19.6 Å². The molecule has 0 spiro atoms. The number of benzene rings is 2. The summed E-state index contributed by atoms with van der Waals surface area (Å²) in [6, 6.07) is 16.2. The first kappa shape index (κ1) is 18.0. The van der Waals surface area contributed by atoms with Gasteiger partial charge < -0.3 is 4.90 Å². The molecule has 5 nitrogen and oxygen atoms in total. The minimum atomic E-state index is 0.201. The van der Waals surface area contributed by atoms with Crippen LogP contribution in [0.1, 0.15) is 12.0 Å². The van der Waals surface area contributed by atoms with Crippen molar-refractivity contribution in [2.75, 3.05) is 26.2 Å². The molecule has 27 heavy (non-hydrogen) atoms. The van der Waals surface area contributed by atoms with E-state index in [4.69, 9.17) is 11.6 Å². The Morgan fingerprint density at radius 3 is 2.59 bits per heavy atom. The first-order valence-corrected chi connectivity index (χ1v) is 9.72. The Morgan fingerprint density at radius 1 is 1.04 bits per heavy atom. The first-order chi connectivity index (χ1) is 13.2. The lowest BCUT2D eigenvalue weighted by Gasteiger charge is -2.34. The van der Waals surface area contributed by atoms with E-state index >= 15 is 0 Å². The molecule has 0 N–H and O–H groups in total. The summed E-state index contributed by atoms with van der Waals surface area (Å²) >= 11 is 6.02. The van der Waals surface area contributed by atoms with Crippen molar-refractivity contribution >= 4 is 28.4 Å². The second-order valence-corrected chi connectivity index (χ2v) is 7.40. The normalized spacial score (nSPS) is 15.4. The number of fused-ring (bicyclic) bond motifs is 1. The van der Waals surface area contributed by atoms with Gasteiger partial charge in [0.2, 0.25) is 5.91 Å². The summed E-state index contributed by atoms with van der Waals surface area (Å²) in [5.74, 6) is 0.201. The molecule has 0 unspecified atom stereocenters. The summed E-state index contributed by atoms with van der Waals surface area (Å²) in [5.41, 5.74) is 2.34. The molecule has 0 atom stereocenters. The minimum absolute atomic E-state index is 0.201. The molecule has 1 saturated heterocycles. The fraction of sp³-hybridized carbons (Fsp3) is 0.333. The zero-order valence-electron chi connectivity index (χ0n) is 15.2. The summed E-state index contributed by atoms with van der Waals surface area (Å²) in [7, 11) is 0. The molecule has 0 bridgehead atoms. The Balaban J connectivity index is 1.28. The number of nitrogens with zero attached hydrogens (tertiary/aromatic N) is 4. The van der Waals surface area contributed by atoms with Gasteiger partial charge in [0.15, 0.2) is 0 Å². The monoisotopic (exact) mass is 382 g/mol. The Kier molecular flexibility index (Phi) is 5.41. The van der Waals surface area contributed by atoms with Crippen LogP contribution in [0.2, 0.25) is 5.02 Å². The number of hydrogen-bond donors (Lipinski definition) is 0. The first-order valence-electron chi connectivity index (χ1n) is 9.34. The van der Waals surface area contributed by atoms with Crippen LogP contribution in [-0.4, -0.2) is 51.7 Å². The zero-order chi connectivity index (χ0) is 18.6. The maximum Gasteiger partial charge on any atom is 0.224 e. The van der Waals surface area contributed by atoms with Crippen LogP contribution in [-0.2, 0) is 17.9 Å². The predicted molar refractivity (Wildman–Crippen MR) is 108 cm³/mol. The Hall–Kier alpha value is -2.37. The molecule has 3 aromatic rings. The number of aromatic nitrogens is 2. The van der Waals surface area contributed by atoms with Crippen LogP contribution in [0.5, 0.6) is 0 Å². The summed E-state index contributed by atoms with van der Waals surface area (Å²) in [5, 5.41) is 6.10. The van der Waals surface area contributed by atoms with Gasteiger partial charge in [0.05, 0.1) is 18.3 Å². The summed E-state index contributed by atoms with van der Waals surface area (Å²) in [6.07, 6.45) is 2.27. The van der Waals surface area contributed by atoms with Gasteiger partial charge in [-0.3, -0.25) is 14.4 Å². The zero-order valence-corrected chi connectivity index (χ0v) is 16.0. The van der Waals surface area contributed by atoms with E-state index < -0.39 is 0 Å². The van der Waals surface area contributed by atoms with Crippen molar-refractivity contribution in [1.29, 1.82) is 0 Å². The number of carbonyl (C=O) groups excluding carboxylic acids is 1. The molecule has 6 heteroatoms. The number of halogens is 1. The second-order valence-electron chi connectivity index (χ2n) is 6.96. The van der Waals surface area contributed by atoms with Gasteiger partial charge >= 0.3 is 0 Å². The summed E-state index contributed by atoms with van der Waals surface area (Å²) in [4.78, 5) is 17.0. The lowest BCUT2D eigenvalue weighted by Crippen LogP contribution is -2.48. The van der Waals surface area contributed by atoms with Crippen molar-refractivity contribution in [2.24, 2.45) is 0 Å². The van der Waals surface area contributed by atoms with Crippen molar-refractivity contribution in [3.05, 3.63) is 65.3 Å². The van der Waals surface area contributed by atoms with Gasteiger partial charge in [0.1, 0.15) is 0 Å². The van der Waals surface area contributed by atoms with Gasteiger partial charge in [0.25, 0.3) is 0 Å². The standard InChI is InChI=1S/C21H23ClN4O/c22-19-6-7-20-18(14-19)15-23-26(20)9-8-21(27)25-12-10-24(11-13-25)16-17-4-2-1-3-5-17/h1-7,14-15H,8-13,16H2. The molecule has 2 heterocycles. The van der Waals surface area contributed by atoms with Crippen molar-refractivity contribution in [3.63, 3.8) is 0 Å². The third kappa shape index (κ3) is 4.31. The number of aryl methyl sites for hydroxylation is 1. The molecular formula is C21H23ClN4O. The number of amides is 1. The van der Waals surface area contributed by atoms with Gasteiger partial charge in [-0.15, -0.1) is 0 Å². The predicted octanol–water partition coefficient (Wildman–Crippen LogP) is 3.42. The maximum atomic E-state index is 12.6. The minimum Gasteiger partial charge on any atom is -0.340 e. The van der Waals surface area contributed by atoms with E-state index in [0.29, 0.717) is 18.0 Å². The molecule has 2 aromatic carbocycles. The van der Waals surface area contributed by atoms with Crippen molar-refractivity contribution in [2.45, 2.75) is 19.5 Å². The molecule has 1 aliphatic heterocycles. The van der Waals surface area contributed by atoms with Crippen LogP contribution in [0, 0.1) is 0 Å². The van der Waals surface area contributed by atoms with E-state index in [0.717, 1.165) is 43.6 Å². The molecule has 4 rings (SSSR count). The Labute approximate surface area is 164 Å². The maximum absolute atomic E-state index is 12.6. The van der Waals surface area contributed by atoms with Crippen LogP contribution in [0.4, 0.5) is 0 Å². The molecule has 0 aliphatic carbocycles. The van der Waals surface area contributed by atoms with Crippen molar-refractivity contribution < 1.29 is 4.79 Å². The van der Waals surface area contributed by atoms with Gasteiger partial charge in [-0.2, -0.15) is 5.10 Å². The van der Waals surface area contributed by atoms with Gasteiger partial charge in [-0.1, -0.05) is 41.9 Å². The average molecular weight is 383 g/mol. The highest BCUT2D eigenvalue weighted by Crippen LogP contribution is 2.19. The number of carbonyl (C=O) groups is 1. The Morgan fingerprint density at radius 2 is 1.81 bits per heavy atom. The SMILES string of the molecule is O=C(CCn1ncc2cc(Cl)ccc21)N1CCN(Cc2ccccc2)CC1. The summed E-state index contributed by atoms with van der Waals surface area (Å²) < 4.78 is 1.88. The Bertz CT molecular complexity index is 916. The third-order valence-electron chi connectivity index (χ3n) is 5.12. The van der Waals surface area contributed by atoms with E-state index in [9.17, 15) is 4.79 Å². The quantitative estimate of drug-likeness (QED) is 0.679. The fourth-order valence-corrected chi connectivity index (χ4v) is 3.77. The van der Waals surface area contributed by atoms with E-state index in [2.05, 4.69) is 34.3 Å². The molecule has 0 saturated carbocycles. The lowest BCUT2D eigenvalue weighted by atomic mass is 10.2. The highest BCUT2D eigenvalue weighted by Gasteiger charge is 2.21. The third-order valence-corrected chi connectivity index (χ3v) is 5.35. The highest BCUT2D eigenvalue weighted by molar-refractivity contribution is 6.31. The van der Waals surface area contributed by atoms with Crippen LogP contribution in [0.3, 0.4) is 0 Å². The largest absolute Gasteiger partial charge is 0.340 e. The van der Waals surface area contributed by atoms with Gasteiger partial charge in [-0.05, 0) is 23.8 Å². The topological polar surface area (TPSA) is 41.4 Å². The molecule has 140 valence electrons. The molecule has 0 radical (unpaired) electrons. The van der Waals surface area contributed by atoms with E-state index in [1.165, 1.54) is 5.56 Å². The highest BCUT2D eigenvalue weighted by atomic mass is 35.5. The molecule has 1 aromatic heterocycles. The lowest BCUT2D eigenvalue weighted by molar-refractivity contribution is -0.133. The van der Waals surface area contributed by atoms with Crippen molar-refractivity contribution in [3.8, 4) is 0 Å². The average Bonchev–Trinajstić information content (AvgIpc) is 3.09. The molecular weight excluding hydrogens is 360 g/mol. The van der Waals surface area contributed by atoms with Crippen LogP contribution >= 0.6 is 11.6 Å². The molecule has 1 amide bonds. The van der Waals surface area contributed by atoms with Crippen LogP contribution in [0.25, 0.3) is 10.9 Å². The number of hydrogen-bond acceptors (Lipinski definition) is 3. The smallest absolute Gasteiger partial charge is 0.224 e. The van der Waals surface area contributed by atoms with Gasteiger partial charge in [0, 0.05) is 49.6 Å². The molecule has 1 fully saturated rings. The van der Waals surface area contributed by atoms with Crippen LogP contribution < -0.4 is 0 Å². The van der Waals surface area contributed by atoms with E-state index in [-0.39, 0.29) is 5.91 Å². The second kappa shape index (κ2) is 8.11. The molecule has 1 aliphatic rings. The number of piperazine rings is 1. The van der Waals surface area contributed by atoms with Gasteiger partial charge in [-0.25, -0.2) is 0 Å². The summed E-state index contributed by atoms with van der Waals surface area (Å²) in [6.45, 7) is 4.97. The fourth-order valence-electron chi connectivity index (χ4n) is 3.59. The van der Waals surface area contributed by atoms with E-state index in [1.807, 2.05) is 33.8 Å².